The first-order chi connectivity index (χ1) is 9.33. The summed E-state index contributed by atoms with van der Waals surface area (Å²) in [5, 5.41) is 2.64. The highest BCUT2D eigenvalue weighted by atomic mass is 32.2. The van der Waals surface area contributed by atoms with E-state index in [4.69, 9.17) is 5.73 Å². The molecule has 0 saturated carbocycles. The van der Waals surface area contributed by atoms with Gasteiger partial charge in [-0.1, -0.05) is 42.5 Å². The first-order valence-electron chi connectivity index (χ1n) is 6.28. The van der Waals surface area contributed by atoms with Gasteiger partial charge in [-0.3, -0.25) is 0 Å². The van der Waals surface area contributed by atoms with Gasteiger partial charge in [-0.15, -0.1) is 11.8 Å². The second-order valence-corrected chi connectivity index (χ2v) is 5.54. The fourth-order valence-electron chi connectivity index (χ4n) is 2.14. The summed E-state index contributed by atoms with van der Waals surface area (Å²) in [4.78, 5) is 1.25. The molecular formula is C17H15NS. The van der Waals surface area contributed by atoms with Gasteiger partial charge in [0.15, 0.2) is 0 Å². The van der Waals surface area contributed by atoms with E-state index in [-0.39, 0.29) is 0 Å². The first-order valence-corrected chi connectivity index (χ1v) is 7.26. The third-order valence-corrected chi connectivity index (χ3v) is 4.22. The molecule has 0 aromatic heterocycles. The number of hydrogen-bond acceptors (Lipinski definition) is 2. The first kappa shape index (κ1) is 12.1. The van der Waals surface area contributed by atoms with Crippen LogP contribution in [0.4, 0.5) is 5.69 Å². The fraction of sp³-hybridized carbons (Fsp3) is 0.0588. The molecule has 0 radical (unpaired) electrons. The summed E-state index contributed by atoms with van der Waals surface area (Å²) in [7, 11) is 0. The van der Waals surface area contributed by atoms with Gasteiger partial charge in [0.05, 0.1) is 0 Å². The molecule has 0 unspecified atom stereocenters. The van der Waals surface area contributed by atoms with Gasteiger partial charge >= 0.3 is 0 Å². The normalized spacial score (nSPS) is 10.7. The number of anilines is 1. The smallest absolute Gasteiger partial charge is 0.0314 e. The third kappa shape index (κ3) is 2.74. The lowest BCUT2D eigenvalue weighted by Gasteiger charge is -2.06. The Balaban J connectivity index is 1.84. The van der Waals surface area contributed by atoms with Gasteiger partial charge in [0.25, 0.3) is 0 Å². The van der Waals surface area contributed by atoms with Crippen LogP contribution in [0.3, 0.4) is 0 Å². The molecule has 1 nitrogen and oxygen atoms in total. The highest BCUT2D eigenvalue weighted by Gasteiger charge is 2.01. The molecule has 19 heavy (non-hydrogen) atoms. The number of rotatable bonds is 3. The maximum absolute atomic E-state index is 5.70. The summed E-state index contributed by atoms with van der Waals surface area (Å²) < 4.78 is 0. The van der Waals surface area contributed by atoms with Crippen LogP contribution in [-0.4, -0.2) is 0 Å². The van der Waals surface area contributed by atoms with Crippen LogP contribution >= 0.6 is 11.8 Å². The van der Waals surface area contributed by atoms with Crippen molar-refractivity contribution in [2.75, 3.05) is 5.73 Å². The number of nitrogens with two attached hydrogens (primary N) is 1. The van der Waals surface area contributed by atoms with E-state index in [9.17, 15) is 0 Å². The van der Waals surface area contributed by atoms with Crippen molar-refractivity contribution >= 4 is 28.2 Å². The lowest BCUT2D eigenvalue weighted by molar-refractivity contribution is 1.41. The van der Waals surface area contributed by atoms with Gasteiger partial charge in [0, 0.05) is 16.3 Å². The number of benzene rings is 3. The van der Waals surface area contributed by atoms with Crippen LogP contribution in [0.25, 0.3) is 10.8 Å². The molecule has 2 N–H and O–H groups in total. The Kier molecular flexibility index (Phi) is 3.43. The summed E-state index contributed by atoms with van der Waals surface area (Å²) in [6.45, 7) is 0. The van der Waals surface area contributed by atoms with Crippen LogP contribution in [0.1, 0.15) is 5.56 Å². The molecule has 0 amide bonds. The zero-order chi connectivity index (χ0) is 13.1. The Labute approximate surface area is 117 Å². The Bertz CT molecular complexity index is 684. The van der Waals surface area contributed by atoms with Gasteiger partial charge in [-0.05, 0) is 40.6 Å². The van der Waals surface area contributed by atoms with Gasteiger partial charge < -0.3 is 5.73 Å². The summed E-state index contributed by atoms with van der Waals surface area (Å²) >= 11 is 1.84. The largest absolute Gasteiger partial charge is 0.399 e. The zero-order valence-corrected chi connectivity index (χ0v) is 11.4. The molecule has 0 aliphatic heterocycles. The average molecular weight is 265 g/mol. The molecule has 94 valence electrons. The number of nitrogen functional groups attached to an aromatic ring is 1. The molecule has 0 saturated heterocycles. The van der Waals surface area contributed by atoms with Crippen molar-refractivity contribution in [1.29, 1.82) is 0 Å². The second-order valence-electron chi connectivity index (χ2n) is 4.50. The third-order valence-electron chi connectivity index (χ3n) is 3.15. The van der Waals surface area contributed by atoms with Crippen molar-refractivity contribution in [3.8, 4) is 0 Å². The Hall–Kier alpha value is -1.93. The van der Waals surface area contributed by atoms with Crippen LogP contribution in [0.5, 0.6) is 0 Å². The molecule has 0 aliphatic carbocycles. The van der Waals surface area contributed by atoms with E-state index in [1.54, 1.807) is 0 Å². The van der Waals surface area contributed by atoms with E-state index < -0.39 is 0 Å². The molecule has 0 atom stereocenters. The van der Waals surface area contributed by atoms with Crippen molar-refractivity contribution in [2.45, 2.75) is 10.6 Å². The lowest BCUT2D eigenvalue weighted by atomic mass is 10.1. The molecular weight excluding hydrogens is 250 g/mol. The molecule has 2 heteroatoms. The number of fused-ring (bicyclic) bond motifs is 1. The highest BCUT2D eigenvalue weighted by molar-refractivity contribution is 7.98. The lowest BCUT2D eigenvalue weighted by Crippen LogP contribution is -1.85. The maximum atomic E-state index is 5.70. The molecule has 0 fully saturated rings. The Morgan fingerprint density at radius 3 is 2.37 bits per heavy atom. The minimum absolute atomic E-state index is 0.814. The highest BCUT2D eigenvalue weighted by Crippen LogP contribution is 2.27. The van der Waals surface area contributed by atoms with Crippen molar-refractivity contribution in [3.63, 3.8) is 0 Å². The fourth-order valence-corrected chi connectivity index (χ4v) is 3.05. The minimum atomic E-state index is 0.814. The zero-order valence-electron chi connectivity index (χ0n) is 10.5. The Morgan fingerprint density at radius 2 is 1.53 bits per heavy atom. The summed E-state index contributed by atoms with van der Waals surface area (Å²) in [6.07, 6.45) is 0. The molecule has 3 rings (SSSR count). The molecule has 0 spiro atoms. The maximum Gasteiger partial charge on any atom is 0.0314 e. The molecule has 3 aromatic carbocycles. The van der Waals surface area contributed by atoms with Crippen LogP contribution in [0.2, 0.25) is 0 Å². The molecule has 0 heterocycles. The van der Waals surface area contributed by atoms with E-state index in [2.05, 4.69) is 54.6 Å². The van der Waals surface area contributed by atoms with Gasteiger partial charge in [0.1, 0.15) is 0 Å². The summed E-state index contributed by atoms with van der Waals surface area (Å²) in [6, 6.07) is 23.1. The van der Waals surface area contributed by atoms with Crippen molar-refractivity contribution < 1.29 is 0 Å². The topological polar surface area (TPSA) is 26.0 Å². The van der Waals surface area contributed by atoms with Crippen molar-refractivity contribution in [2.24, 2.45) is 0 Å². The van der Waals surface area contributed by atoms with Gasteiger partial charge in [0.2, 0.25) is 0 Å². The van der Waals surface area contributed by atoms with Crippen LogP contribution in [0.15, 0.2) is 71.6 Å². The predicted octanol–water partition coefficient (Wildman–Crippen LogP) is 4.71. The second kappa shape index (κ2) is 5.37. The van der Waals surface area contributed by atoms with Crippen LogP contribution < -0.4 is 5.73 Å². The molecule has 3 aromatic rings. The van der Waals surface area contributed by atoms with E-state index in [0.29, 0.717) is 0 Å². The summed E-state index contributed by atoms with van der Waals surface area (Å²) in [5.41, 5.74) is 7.89. The van der Waals surface area contributed by atoms with E-state index in [0.717, 1.165) is 11.4 Å². The van der Waals surface area contributed by atoms with Gasteiger partial charge in [-0.25, -0.2) is 0 Å². The van der Waals surface area contributed by atoms with Crippen LogP contribution in [-0.2, 0) is 5.75 Å². The SMILES string of the molecule is Nc1ccc(SCc2cccc3ccccc23)cc1. The predicted molar refractivity (Wildman–Crippen MR) is 84.4 cm³/mol. The van der Waals surface area contributed by atoms with Crippen LogP contribution in [0, 0.1) is 0 Å². The minimum Gasteiger partial charge on any atom is -0.399 e. The summed E-state index contributed by atoms with van der Waals surface area (Å²) in [5.74, 6) is 0.977. The quantitative estimate of drug-likeness (QED) is 0.548. The Morgan fingerprint density at radius 1 is 0.789 bits per heavy atom. The average Bonchev–Trinajstić information content (AvgIpc) is 2.47. The monoisotopic (exact) mass is 265 g/mol. The van der Waals surface area contributed by atoms with Crippen molar-refractivity contribution in [3.05, 3.63) is 72.3 Å². The van der Waals surface area contributed by atoms with E-state index in [1.807, 2.05) is 23.9 Å². The molecule has 0 aliphatic rings. The number of hydrogen-bond donors (Lipinski definition) is 1. The van der Waals surface area contributed by atoms with Gasteiger partial charge in [-0.2, -0.15) is 0 Å². The van der Waals surface area contributed by atoms with E-state index in [1.165, 1.54) is 21.2 Å². The standard InChI is InChI=1S/C17H15NS/c18-15-8-10-16(11-9-15)19-12-14-6-3-5-13-4-1-2-7-17(13)14/h1-11H,12,18H2. The van der Waals surface area contributed by atoms with Crippen molar-refractivity contribution in [1.82, 2.24) is 0 Å². The van der Waals surface area contributed by atoms with E-state index >= 15 is 0 Å². The molecule has 0 bridgehead atoms. The number of thioether (sulfide) groups is 1.